The first-order chi connectivity index (χ1) is 8.97. The lowest BCUT2D eigenvalue weighted by atomic mass is 9.96. The van der Waals surface area contributed by atoms with Gasteiger partial charge in [0.25, 0.3) is 0 Å². The van der Waals surface area contributed by atoms with Gasteiger partial charge >= 0.3 is 0 Å². The molecule has 102 valence electrons. The van der Waals surface area contributed by atoms with E-state index in [1.807, 2.05) is 44.2 Å². The summed E-state index contributed by atoms with van der Waals surface area (Å²) < 4.78 is 0. The molecule has 0 saturated carbocycles. The van der Waals surface area contributed by atoms with Crippen molar-refractivity contribution in [1.29, 1.82) is 0 Å². The molecule has 0 saturated heterocycles. The second-order valence-corrected chi connectivity index (χ2v) is 5.91. The molecule has 1 heterocycles. The zero-order chi connectivity index (χ0) is 14.0. The van der Waals surface area contributed by atoms with Gasteiger partial charge in [-0.15, -0.1) is 0 Å². The highest BCUT2D eigenvalue weighted by atomic mass is 32.1. The summed E-state index contributed by atoms with van der Waals surface area (Å²) in [5.41, 5.74) is 1.74. The number of allylic oxidation sites excluding steroid dienone is 1. The van der Waals surface area contributed by atoms with Crippen molar-refractivity contribution in [2.75, 3.05) is 28.2 Å². The predicted octanol–water partition coefficient (Wildman–Crippen LogP) is 1.94. The Bertz CT molecular complexity index is 543. The van der Waals surface area contributed by atoms with Gasteiger partial charge < -0.3 is 9.80 Å². The van der Waals surface area contributed by atoms with Gasteiger partial charge in [-0.2, -0.15) is 0 Å². The first-order valence-corrected chi connectivity index (χ1v) is 6.91. The van der Waals surface area contributed by atoms with E-state index in [9.17, 15) is 4.79 Å². The Morgan fingerprint density at radius 3 is 2.58 bits per heavy atom. The number of aliphatic imine (C=N–C) groups is 1. The molecule has 1 aromatic heterocycles. The van der Waals surface area contributed by atoms with Crippen molar-refractivity contribution in [3.05, 3.63) is 22.3 Å². The lowest BCUT2D eigenvalue weighted by molar-refractivity contribution is 0.102. The first kappa shape index (κ1) is 13.7. The van der Waals surface area contributed by atoms with Gasteiger partial charge in [-0.25, -0.2) is 9.98 Å². The van der Waals surface area contributed by atoms with Crippen molar-refractivity contribution < 1.29 is 4.79 Å². The van der Waals surface area contributed by atoms with E-state index < -0.39 is 0 Å². The molecule has 0 amide bonds. The summed E-state index contributed by atoms with van der Waals surface area (Å²) in [6.45, 7) is 0. The van der Waals surface area contributed by atoms with Crippen molar-refractivity contribution in [3.8, 4) is 0 Å². The van der Waals surface area contributed by atoms with E-state index in [1.165, 1.54) is 11.3 Å². The third-order valence-corrected chi connectivity index (χ3v) is 3.63. The average molecular weight is 278 g/mol. The highest BCUT2D eigenvalue weighted by molar-refractivity contribution is 7.17. The molecule has 0 atom stereocenters. The van der Waals surface area contributed by atoms with Crippen LogP contribution < -0.4 is 0 Å². The highest BCUT2D eigenvalue weighted by Gasteiger charge is 2.26. The van der Waals surface area contributed by atoms with E-state index in [-0.39, 0.29) is 5.78 Å². The smallest absolute Gasteiger partial charge is 0.211 e. The topological polar surface area (TPSA) is 48.8 Å². The Balaban J connectivity index is 2.27. The summed E-state index contributed by atoms with van der Waals surface area (Å²) in [6.07, 6.45) is 5.17. The van der Waals surface area contributed by atoms with Crippen LogP contribution in [0.15, 0.2) is 16.8 Å². The lowest BCUT2D eigenvalue weighted by Crippen LogP contribution is -2.15. The monoisotopic (exact) mass is 278 g/mol. The number of aromatic nitrogens is 1. The Labute approximate surface area is 117 Å². The normalized spacial score (nSPS) is 17.1. The summed E-state index contributed by atoms with van der Waals surface area (Å²) in [7, 11) is 7.66. The lowest BCUT2D eigenvalue weighted by Gasteiger charge is -2.14. The molecule has 6 heteroatoms. The van der Waals surface area contributed by atoms with Crippen LogP contribution in [0, 0.1) is 0 Å². The third-order valence-electron chi connectivity index (χ3n) is 2.63. The van der Waals surface area contributed by atoms with Crippen LogP contribution in [0.2, 0.25) is 0 Å². The second kappa shape index (κ2) is 5.52. The molecule has 0 aromatic carbocycles. The van der Waals surface area contributed by atoms with Gasteiger partial charge in [-0.3, -0.25) is 4.79 Å². The molecular weight excluding hydrogens is 260 g/mol. The molecule has 1 aliphatic rings. The largest absolute Gasteiger partial charge is 0.383 e. The van der Waals surface area contributed by atoms with Crippen LogP contribution in [-0.4, -0.2) is 55.1 Å². The fraction of sp³-hybridized carbons (Fsp3) is 0.462. The second-order valence-electron chi connectivity index (χ2n) is 4.93. The van der Waals surface area contributed by atoms with Gasteiger partial charge in [0.15, 0.2) is 0 Å². The van der Waals surface area contributed by atoms with E-state index in [1.54, 1.807) is 6.34 Å². The molecule has 0 bridgehead atoms. The van der Waals surface area contributed by atoms with Crippen LogP contribution in [0.4, 0.5) is 5.13 Å². The minimum Gasteiger partial charge on any atom is -0.383 e. The zero-order valence-corrected chi connectivity index (χ0v) is 12.5. The summed E-state index contributed by atoms with van der Waals surface area (Å²) in [5, 5.41) is 0.651. The number of carbonyl (C=O) groups is 1. The maximum Gasteiger partial charge on any atom is 0.211 e. The number of ketones is 1. The van der Waals surface area contributed by atoms with Crippen LogP contribution in [0.1, 0.15) is 21.8 Å². The van der Waals surface area contributed by atoms with Crippen LogP contribution >= 0.6 is 11.3 Å². The molecule has 0 spiro atoms. The molecule has 5 nitrogen and oxygen atoms in total. The van der Waals surface area contributed by atoms with E-state index >= 15 is 0 Å². The van der Waals surface area contributed by atoms with Crippen molar-refractivity contribution in [2.24, 2.45) is 4.99 Å². The summed E-state index contributed by atoms with van der Waals surface area (Å²) in [4.78, 5) is 25.5. The van der Waals surface area contributed by atoms with Crippen LogP contribution in [0.5, 0.6) is 0 Å². The standard InChI is InChI=1S/C13H18N4OS/c1-16(2)7-9-5-6-10-12(11(9)18)19-13(15-10)14-8-17(3)4/h7-8H,5-6H2,1-4H3/b9-7-,14-8?. The highest BCUT2D eigenvalue weighted by Crippen LogP contribution is 2.33. The van der Waals surface area contributed by atoms with Gasteiger partial charge in [0, 0.05) is 40.0 Å². The number of hydrogen-bond donors (Lipinski definition) is 0. The fourth-order valence-corrected chi connectivity index (χ4v) is 2.78. The predicted molar refractivity (Wildman–Crippen MR) is 78.4 cm³/mol. The van der Waals surface area contributed by atoms with Crippen molar-refractivity contribution in [1.82, 2.24) is 14.8 Å². The molecule has 1 aromatic rings. The first-order valence-electron chi connectivity index (χ1n) is 6.09. The summed E-state index contributed by atoms with van der Waals surface area (Å²) in [6, 6.07) is 0. The summed E-state index contributed by atoms with van der Waals surface area (Å²) in [5.74, 6) is 0.0961. The van der Waals surface area contributed by atoms with E-state index in [0.717, 1.165) is 29.0 Å². The number of Topliss-reactive ketones (excluding diaryl/α,β-unsaturated/α-hetero) is 1. The fourth-order valence-electron chi connectivity index (χ4n) is 1.85. The Kier molecular flexibility index (Phi) is 3.99. The van der Waals surface area contributed by atoms with Gasteiger partial charge in [-0.05, 0) is 12.8 Å². The number of nitrogens with zero attached hydrogens (tertiary/aromatic N) is 4. The van der Waals surface area contributed by atoms with E-state index in [2.05, 4.69) is 9.98 Å². The Morgan fingerprint density at radius 1 is 1.21 bits per heavy atom. The SMILES string of the molecule is CN(C)C=Nc1nc2c(s1)C(=O)/C(=C\N(C)C)CC2. The number of fused-ring (bicyclic) bond motifs is 1. The Hall–Kier alpha value is -1.69. The molecule has 0 N–H and O–H groups in total. The molecule has 0 fully saturated rings. The third kappa shape index (κ3) is 3.20. The average Bonchev–Trinajstić information content (AvgIpc) is 2.74. The summed E-state index contributed by atoms with van der Waals surface area (Å²) >= 11 is 1.37. The van der Waals surface area contributed by atoms with Crippen LogP contribution in [0.3, 0.4) is 0 Å². The molecule has 19 heavy (non-hydrogen) atoms. The van der Waals surface area contributed by atoms with Crippen molar-refractivity contribution in [3.63, 3.8) is 0 Å². The molecule has 2 rings (SSSR count). The number of thiazole rings is 1. The minimum absolute atomic E-state index is 0.0961. The van der Waals surface area contributed by atoms with Gasteiger partial charge in [0.1, 0.15) is 0 Å². The van der Waals surface area contributed by atoms with Crippen molar-refractivity contribution in [2.45, 2.75) is 12.8 Å². The number of aryl methyl sites for hydroxylation is 1. The molecule has 0 aliphatic heterocycles. The number of rotatable bonds is 3. The zero-order valence-electron chi connectivity index (χ0n) is 11.7. The van der Waals surface area contributed by atoms with E-state index in [4.69, 9.17) is 0 Å². The maximum atomic E-state index is 12.3. The van der Waals surface area contributed by atoms with Gasteiger partial charge in [0.05, 0.1) is 16.9 Å². The van der Waals surface area contributed by atoms with Gasteiger partial charge in [-0.1, -0.05) is 11.3 Å². The Morgan fingerprint density at radius 2 is 1.95 bits per heavy atom. The molecule has 1 aliphatic carbocycles. The molecule has 0 unspecified atom stereocenters. The maximum absolute atomic E-state index is 12.3. The van der Waals surface area contributed by atoms with E-state index in [0.29, 0.717) is 5.13 Å². The molecular formula is C13H18N4OS. The van der Waals surface area contributed by atoms with Crippen molar-refractivity contribution >= 4 is 28.6 Å². The van der Waals surface area contributed by atoms with Gasteiger partial charge in [0.2, 0.25) is 10.9 Å². The quantitative estimate of drug-likeness (QED) is 0.481. The number of hydrogen-bond acceptors (Lipinski definition) is 5. The number of carbonyl (C=O) groups excluding carboxylic acids is 1. The van der Waals surface area contributed by atoms with Crippen LogP contribution in [0.25, 0.3) is 0 Å². The minimum atomic E-state index is 0.0961. The molecule has 0 radical (unpaired) electrons. The van der Waals surface area contributed by atoms with Crippen LogP contribution in [-0.2, 0) is 6.42 Å².